The third-order valence-electron chi connectivity index (χ3n) is 6.49. The van der Waals surface area contributed by atoms with Crippen molar-refractivity contribution >= 4 is 21.9 Å². The molecule has 35 heavy (non-hydrogen) atoms. The van der Waals surface area contributed by atoms with Gasteiger partial charge >= 0.3 is 6.09 Å². The van der Waals surface area contributed by atoms with Crippen LogP contribution in [0.15, 0.2) is 47.5 Å². The summed E-state index contributed by atoms with van der Waals surface area (Å²) in [5, 5.41) is 0. The first-order valence-electron chi connectivity index (χ1n) is 12.3. The molecular weight excluding hydrogens is 464 g/mol. The number of carbonyl (C=O) groups is 1. The van der Waals surface area contributed by atoms with Crippen molar-refractivity contribution in [2.24, 2.45) is 0 Å². The maximum atomic E-state index is 13.6. The first-order valence-corrected chi connectivity index (χ1v) is 13.8. The number of piperazine rings is 1. The summed E-state index contributed by atoms with van der Waals surface area (Å²) in [7, 11) is -3.64. The summed E-state index contributed by atoms with van der Waals surface area (Å²) in [6.45, 7) is 10.3. The first-order chi connectivity index (χ1) is 16.6. The molecule has 8 nitrogen and oxygen atoms in total. The van der Waals surface area contributed by atoms with E-state index in [4.69, 9.17) is 4.74 Å². The van der Waals surface area contributed by atoms with E-state index in [0.29, 0.717) is 37.6 Å². The van der Waals surface area contributed by atoms with Gasteiger partial charge in [0.05, 0.1) is 10.9 Å². The summed E-state index contributed by atoms with van der Waals surface area (Å²) >= 11 is 0. The lowest BCUT2D eigenvalue weighted by molar-refractivity contribution is 0.0240. The van der Waals surface area contributed by atoms with Crippen LogP contribution in [0.1, 0.15) is 57.2 Å². The average molecular weight is 501 g/mol. The van der Waals surface area contributed by atoms with Crippen LogP contribution >= 0.6 is 0 Å². The number of nitrogens with zero attached hydrogens (tertiary/aromatic N) is 4. The number of benzene rings is 1. The maximum absolute atomic E-state index is 13.6. The second kappa shape index (κ2) is 10.1. The topological polar surface area (TPSA) is 83.1 Å². The van der Waals surface area contributed by atoms with Crippen molar-refractivity contribution < 1.29 is 17.9 Å². The smallest absolute Gasteiger partial charge is 0.410 e. The molecule has 1 amide bonds. The fraction of sp³-hybridized carbons (Fsp3) is 0.538. The third-order valence-corrected chi connectivity index (χ3v) is 8.41. The van der Waals surface area contributed by atoms with Gasteiger partial charge in [-0.15, -0.1) is 0 Å². The number of anilines is 1. The Balaban J connectivity index is 1.56. The highest BCUT2D eigenvalue weighted by atomic mass is 32.2. The van der Waals surface area contributed by atoms with E-state index in [1.165, 1.54) is 0 Å². The first kappa shape index (κ1) is 25.4. The molecule has 2 aromatic rings. The molecule has 0 bridgehead atoms. The molecule has 190 valence electrons. The summed E-state index contributed by atoms with van der Waals surface area (Å²) in [5.41, 5.74) is 1.42. The van der Waals surface area contributed by atoms with E-state index in [-0.39, 0.29) is 12.1 Å². The third kappa shape index (κ3) is 5.78. The van der Waals surface area contributed by atoms with Crippen LogP contribution in [0.2, 0.25) is 0 Å². The number of hydrogen-bond acceptors (Lipinski definition) is 6. The number of aromatic nitrogens is 1. The molecule has 1 unspecified atom stereocenters. The van der Waals surface area contributed by atoms with Gasteiger partial charge in [-0.05, 0) is 58.7 Å². The lowest BCUT2D eigenvalue weighted by Gasteiger charge is -2.39. The van der Waals surface area contributed by atoms with Crippen LogP contribution in [0.25, 0.3) is 0 Å². The minimum atomic E-state index is -3.64. The van der Waals surface area contributed by atoms with E-state index in [1.54, 1.807) is 27.5 Å². The van der Waals surface area contributed by atoms with E-state index in [2.05, 4.69) is 9.88 Å². The van der Waals surface area contributed by atoms with Crippen molar-refractivity contribution in [3.63, 3.8) is 0 Å². The number of hydrogen-bond donors (Lipinski definition) is 0. The van der Waals surface area contributed by atoms with Crippen LogP contribution in [0, 0.1) is 6.92 Å². The van der Waals surface area contributed by atoms with Crippen molar-refractivity contribution in [1.29, 1.82) is 0 Å². The Kier molecular flexibility index (Phi) is 7.38. The molecular formula is C26H36N4O4S. The van der Waals surface area contributed by atoms with Crippen LogP contribution in [0.3, 0.4) is 0 Å². The van der Waals surface area contributed by atoms with E-state index >= 15 is 0 Å². The quantitative estimate of drug-likeness (QED) is 0.620. The molecule has 3 heterocycles. The van der Waals surface area contributed by atoms with Gasteiger partial charge in [-0.25, -0.2) is 18.2 Å². The zero-order chi connectivity index (χ0) is 25.2. The SMILES string of the molecule is Cc1ccc(S(=O)(=O)N2CCCCC2c2cccnc2N2CCN(C(=O)OC(C)(C)C)CC2)cc1. The van der Waals surface area contributed by atoms with Crippen molar-refractivity contribution in [2.45, 2.75) is 63.5 Å². The van der Waals surface area contributed by atoms with Gasteiger partial charge in [0.2, 0.25) is 10.0 Å². The molecule has 4 rings (SSSR count). The normalized spacial score (nSPS) is 20.1. The van der Waals surface area contributed by atoms with E-state index in [9.17, 15) is 13.2 Å². The van der Waals surface area contributed by atoms with Crippen LogP contribution in [-0.4, -0.2) is 67.0 Å². The summed E-state index contributed by atoms with van der Waals surface area (Å²) in [6, 6.07) is 10.7. The van der Waals surface area contributed by atoms with E-state index in [1.807, 2.05) is 52.0 Å². The number of aryl methyl sites for hydroxylation is 1. The Hall–Kier alpha value is -2.65. The Morgan fingerprint density at radius 1 is 1.00 bits per heavy atom. The van der Waals surface area contributed by atoms with Crippen LogP contribution < -0.4 is 4.90 Å². The highest BCUT2D eigenvalue weighted by Crippen LogP contribution is 2.39. The van der Waals surface area contributed by atoms with Gasteiger partial charge in [0.15, 0.2) is 0 Å². The Morgan fingerprint density at radius 2 is 1.69 bits per heavy atom. The monoisotopic (exact) mass is 500 g/mol. The Morgan fingerprint density at radius 3 is 2.34 bits per heavy atom. The average Bonchev–Trinajstić information content (AvgIpc) is 2.83. The minimum Gasteiger partial charge on any atom is -0.444 e. The van der Waals surface area contributed by atoms with Gasteiger partial charge < -0.3 is 14.5 Å². The second-order valence-electron chi connectivity index (χ2n) is 10.3. The number of carbonyl (C=O) groups excluding carboxylic acids is 1. The van der Waals surface area contributed by atoms with Gasteiger partial charge in [-0.3, -0.25) is 0 Å². The van der Waals surface area contributed by atoms with Crippen LogP contribution in [-0.2, 0) is 14.8 Å². The molecule has 2 fully saturated rings. The molecule has 0 N–H and O–H groups in total. The summed E-state index contributed by atoms with van der Waals surface area (Å²) in [6.07, 6.45) is 4.00. The molecule has 1 aromatic heterocycles. The van der Waals surface area contributed by atoms with Gasteiger partial charge in [-0.1, -0.05) is 30.2 Å². The van der Waals surface area contributed by atoms with Gasteiger partial charge in [0.25, 0.3) is 0 Å². The second-order valence-corrected chi connectivity index (χ2v) is 12.2. The maximum Gasteiger partial charge on any atom is 0.410 e. The van der Waals surface area contributed by atoms with Gasteiger partial charge in [-0.2, -0.15) is 4.31 Å². The summed E-state index contributed by atoms with van der Waals surface area (Å²) in [5.74, 6) is 0.798. The summed E-state index contributed by atoms with van der Waals surface area (Å²) < 4.78 is 34.4. The standard InChI is InChI=1S/C26H36N4O4S/c1-20-10-12-21(13-11-20)35(32,33)30-15-6-5-9-23(30)22-8-7-14-27-24(22)28-16-18-29(19-17-28)25(31)34-26(2,3)4/h7-8,10-14,23H,5-6,9,15-19H2,1-4H3. The number of pyridine rings is 1. The molecule has 2 aliphatic heterocycles. The Labute approximate surface area is 208 Å². The number of amides is 1. The molecule has 9 heteroatoms. The molecule has 1 atom stereocenters. The number of ether oxygens (including phenoxy) is 1. The highest BCUT2D eigenvalue weighted by molar-refractivity contribution is 7.89. The van der Waals surface area contributed by atoms with Crippen molar-refractivity contribution in [3.8, 4) is 0 Å². The molecule has 1 aromatic carbocycles. The van der Waals surface area contributed by atoms with Crippen LogP contribution in [0.5, 0.6) is 0 Å². The van der Waals surface area contributed by atoms with Crippen LogP contribution in [0.4, 0.5) is 10.6 Å². The van der Waals surface area contributed by atoms with E-state index in [0.717, 1.165) is 36.2 Å². The van der Waals surface area contributed by atoms with Gasteiger partial charge in [0, 0.05) is 44.5 Å². The largest absolute Gasteiger partial charge is 0.444 e. The number of sulfonamides is 1. The fourth-order valence-corrected chi connectivity index (χ4v) is 6.38. The molecule has 0 saturated carbocycles. The van der Waals surface area contributed by atoms with Gasteiger partial charge in [0.1, 0.15) is 11.4 Å². The van der Waals surface area contributed by atoms with Crippen molar-refractivity contribution in [3.05, 3.63) is 53.7 Å². The number of rotatable bonds is 4. The predicted molar refractivity (Wildman–Crippen MR) is 136 cm³/mol. The molecule has 2 aliphatic rings. The zero-order valence-electron chi connectivity index (χ0n) is 21.1. The molecule has 0 aliphatic carbocycles. The fourth-order valence-electron chi connectivity index (χ4n) is 4.71. The zero-order valence-corrected chi connectivity index (χ0v) is 21.9. The molecule has 0 spiro atoms. The molecule has 0 radical (unpaired) electrons. The van der Waals surface area contributed by atoms with Crippen molar-refractivity contribution in [2.75, 3.05) is 37.6 Å². The molecule has 2 saturated heterocycles. The summed E-state index contributed by atoms with van der Waals surface area (Å²) in [4.78, 5) is 21.4. The van der Waals surface area contributed by atoms with E-state index < -0.39 is 15.6 Å². The lowest BCUT2D eigenvalue weighted by atomic mass is 9.97. The highest BCUT2D eigenvalue weighted by Gasteiger charge is 2.37. The minimum absolute atomic E-state index is 0.275. The number of piperidine rings is 1. The Bertz CT molecular complexity index is 1140. The lowest BCUT2D eigenvalue weighted by Crippen LogP contribution is -2.50. The predicted octanol–water partition coefficient (Wildman–Crippen LogP) is 4.36. The van der Waals surface area contributed by atoms with Crippen molar-refractivity contribution in [1.82, 2.24) is 14.2 Å².